The Morgan fingerprint density at radius 3 is 2.76 bits per heavy atom. The Labute approximate surface area is 106 Å². The van der Waals surface area contributed by atoms with E-state index in [-0.39, 0.29) is 0 Å². The van der Waals surface area contributed by atoms with Gasteiger partial charge in [0, 0.05) is 25.6 Å². The number of nitrogens with one attached hydrogen (secondary N) is 1. The molecule has 0 aliphatic carbocycles. The van der Waals surface area contributed by atoms with Crippen molar-refractivity contribution < 1.29 is 4.79 Å². The molecule has 17 heavy (non-hydrogen) atoms. The molecule has 1 amide bonds. The van der Waals surface area contributed by atoms with Crippen LogP contribution < -0.4 is 5.32 Å². The predicted molar refractivity (Wildman–Crippen MR) is 72.0 cm³/mol. The Morgan fingerprint density at radius 1 is 1.41 bits per heavy atom. The summed E-state index contributed by atoms with van der Waals surface area (Å²) in [7, 11) is 0. The first-order valence-corrected chi connectivity index (χ1v) is 6.96. The lowest BCUT2D eigenvalue weighted by atomic mass is 9.85. The van der Waals surface area contributed by atoms with Crippen LogP contribution in [0.4, 0.5) is 0 Å². The Kier molecular flexibility index (Phi) is 5.44. The standard InChI is InChI=1S/C14H28N2O/c1-5-15-12(2)7-10-16-11-9-14(3,4)8-6-13(16)17/h12,15H,5-11H2,1-4H3. The van der Waals surface area contributed by atoms with Crippen molar-refractivity contribution in [3.05, 3.63) is 0 Å². The molecule has 0 saturated carbocycles. The second-order valence-corrected chi connectivity index (χ2v) is 6.04. The summed E-state index contributed by atoms with van der Waals surface area (Å²) in [5.74, 6) is 0.347. The van der Waals surface area contributed by atoms with Gasteiger partial charge in [-0.3, -0.25) is 4.79 Å². The van der Waals surface area contributed by atoms with Gasteiger partial charge in [-0.25, -0.2) is 0 Å². The van der Waals surface area contributed by atoms with E-state index in [2.05, 4.69) is 37.9 Å². The van der Waals surface area contributed by atoms with Crippen LogP contribution in [-0.4, -0.2) is 36.5 Å². The average Bonchev–Trinajstić information content (AvgIpc) is 2.38. The van der Waals surface area contributed by atoms with E-state index in [0.717, 1.165) is 45.3 Å². The normalized spacial score (nSPS) is 22.4. The molecule has 0 spiro atoms. The van der Waals surface area contributed by atoms with Gasteiger partial charge in [-0.1, -0.05) is 20.8 Å². The summed E-state index contributed by atoms with van der Waals surface area (Å²) in [4.78, 5) is 14.0. The molecule has 1 aliphatic rings. The monoisotopic (exact) mass is 240 g/mol. The molecular formula is C14H28N2O. The smallest absolute Gasteiger partial charge is 0.222 e. The van der Waals surface area contributed by atoms with Gasteiger partial charge in [-0.15, -0.1) is 0 Å². The lowest BCUT2D eigenvalue weighted by Crippen LogP contribution is -2.36. The van der Waals surface area contributed by atoms with E-state index in [0.29, 0.717) is 17.4 Å². The zero-order valence-corrected chi connectivity index (χ0v) is 11.9. The van der Waals surface area contributed by atoms with Gasteiger partial charge in [0.2, 0.25) is 5.91 Å². The second-order valence-electron chi connectivity index (χ2n) is 6.04. The topological polar surface area (TPSA) is 32.3 Å². The van der Waals surface area contributed by atoms with E-state index in [1.807, 2.05) is 0 Å². The molecule has 1 heterocycles. The molecule has 0 aromatic carbocycles. The first-order chi connectivity index (χ1) is 7.94. The molecule has 1 N–H and O–H groups in total. The van der Waals surface area contributed by atoms with Crippen molar-refractivity contribution in [1.29, 1.82) is 0 Å². The predicted octanol–water partition coefficient (Wildman–Crippen LogP) is 2.41. The number of amides is 1. The van der Waals surface area contributed by atoms with Gasteiger partial charge in [-0.05, 0) is 38.1 Å². The minimum Gasteiger partial charge on any atom is -0.343 e. The maximum absolute atomic E-state index is 12.0. The quantitative estimate of drug-likeness (QED) is 0.800. The highest BCUT2D eigenvalue weighted by atomic mass is 16.2. The van der Waals surface area contributed by atoms with Crippen molar-refractivity contribution in [3.8, 4) is 0 Å². The van der Waals surface area contributed by atoms with Gasteiger partial charge in [0.25, 0.3) is 0 Å². The number of carbonyl (C=O) groups excluding carboxylic acids is 1. The molecule has 0 bridgehead atoms. The molecule has 1 aliphatic heterocycles. The number of rotatable bonds is 5. The van der Waals surface area contributed by atoms with E-state index in [4.69, 9.17) is 0 Å². The minimum atomic E-state index is 0.331. The van der Waals surface area contributed by atoms with Crippen LogP contribution in [0.25, 0.3) is 0 Å². The number of hydrogen-bond acceptors (Lipinski definition) is 2. The average molecular weight is 240 g/mol. The first-order valence-electron chi connectivity index (χ1n) is 6.96. The molecule has 100 valence electrons. The molecule has 0 aromatic rings. The Hall–Kier alpha value is -0.570. The van der Waals surface area contributed by atoms with Crippen LogP contribution in [0.2, 0.25) is 0 Å². The minimum absolute atomic E-state index is 0.331. The molecule has 1 saturated heterocycles. The van der Waals surface area contributed by atoms with Gasteiger partial charge >= 0.3 is 0 Å². The lowest BCUT2D eigenvalue weighted by Gasteiger charge is -2.24. The van der Waals surface area contributed by atoms with Crippen molar-refractivity contribution in [2.24, 2.45) is 5.41 Å². The maximum Gasteiger partial charge on any atom is 0.222 e. The molecule has 1 atom stereocenters. The Balaban J connectivity index is 2.39. The third kappa shape index (κ3) is 5.07. The van der Waals surface area contributed by atoms with Crippen molar-refractivity contribution in [1.82, 2.24) is 10.2 Å². The third-order valence-electron chi connectivity index (χ3n) is 3.81. The molecule has 1 unspecified atom stereocenters. The van der Waals surface area contributed by atoms with E-state index < -0.39 is 0 Å². The molecule has 3 heteroatoms. The molecule has 0 radical (unpaired) electrons. The van der Waals surface area contributed by atoms with Crippen LogP contribution in [0.15, 0.2) is 0 Å². The summed E-state index contributed by atoms with van der Waals surface area (Å²) in [5.41, 5.74) is 0.331. The van der Waals surface area contributed by atoms with Crippen LogP contribution in [-0.2, 0) is 4.79 Å². The zero-order valence-electron chi connectivity index (χ0n) is 11.9. The lowest BCUT2D eigenvalue weighted by molar-refractivity contribution is -0.130. The molecule has 1 fully saturated rings. The fourth-order valence-corrected chi connectivity index (χ4v) is 2.33. The van der Waals surface area contributed by atoms with E-state index in [1.165, 1.54) is 0 Å². The number of hydrogen-bond donors (Lipinski definition) is 1. The molecule has 3 nitrogen and oxygen atoms in total. The van der Waals surface area contributed by atoms with Crippen LogP contribution in [0.3, 0.4) is 0 Å². The number of nitrogens with zero attached hydrogens (tertiary/aromatic N) is 1. The fraction of sp³-hybridized carbons (Fsp3) is 0.929. The van der Waals surface area contributed by atoms with Crippen LogP contribution in [0.5, 0.6) is 0 Å². The molecule has 1 rings (SSSR count). The van der Waals surface area contributed by atoms with Crippen LogP contribution >= 0.6 is 0 Å². The van der Waals surface area contributed by atoms with Crippen molar-refractivity contribution in [2.45, 2.75) is 59.4 Å². The van der Waals surface area contributed by atoms with Crippen LogP contribution in [0.1, 0.15) is 53.4 Å². The van der Waals surface area contributed by atoms with Crippen LogP contribution in [0, 0.1) is 5.41 Å². The van der Waals surface area contributed by atoms with Crippen molar-refractivity contribution >= 4 is 5.91 Å². The highest BCUT2D eigenvalue weighted by molar-refractivity contribution is 5.76. The van der Waals surface area contributed by atoms with Gasteiger partial charge in [-0.2, -0.15) is 0 Å². The van der Waals surface area contributed by atoms with Gasteiger partial charge in [0.1, 0.15) is 0 Å². The fourth-order valence-electron chi connectivity index (χ4n) is 2.33. The summed E-state index contributed by atoms with van der Waals surface area (Å²) < 4.78 is 0. The van der Waals surface area contributed by atoms with E-state index in [1.54, 1.807) is 0 Å². The van der Waals surface area contributed by atoms with Gasteiger partial charge in [0.15, 0.2) is 0 Å². The van der Waals surface area contributed by atoms with Crippen molar-refractivity contribution in [2.75, 3.05) is 19.6 Å². The highest BCUT2D eigenvalue weighted by Gasteiger charge is 2.27. The van der Waals surface area contributed by atoms with E-state index >= 15 is 0 Å². The zero-order chi connectivity index (χ0) is 12.9. The summed E-state index contributed by atoms with van der Waals surface area (Å²) >= 11 is 0. The summed E-state index contributed by atoms with van der Waals surface area (Å²) in [5, 5.41) is 3.39. The third-order valence-corrected chi connectivity index (χ3v) is 3.81. The first kappa shape index (κ1) is 14.5. The number of likely N-dealkylation sites (tertiary alicyclic amines) is 1. The van der Waals surface area contributed by atoms with Gasteiger partial charge in [0.05, 0.1) is 0 Å². The van der Waals surface area contributed by atoms with E-state index in [9.17, 15) is 4.79 Å². The molecule has 0 aromatic heterocycles. The van der Waals surface area contributed by atoms with Gasteiger partial charge < -0.3 is 10.2 Å². The maximum atomic E-state index is 12.0. The molecular weight excluding hydrogens is 212 g/mol. The Bertz CT molecular complexity index is 251. The largest absolute Gasteiger partial charge is 0.343 e. The highest BCUT2D eigenvalue weighted by Crippen LogP contribution is 2.30. The summed E-state index contributed by atoms with van der Waals surface area (Å²) in [6.07, 6.45) is 3.95. The van der Waals surface area contributed by atoms with Crippen molar-refractivity contribution in [3.63, 3.8) is 0 Å². The number of carbonyl (C=O) groups is 1. The summed E-state index contributed by atoms with van der Waals surface area (Å²) in [6.45, 7) is 11.7. The SMILES string of the molecule is CCNC(C)CCN1CCC(C)(C)CCC1=O. The Morgan fingerprint density at radius 2 is 2.12 bits per heavy atom. The summed E-state index contributed by atoms with van der Waals surface area (Å²) in [6, 6.07) is 0.504. The second kappa shape index (κ2) is 6.39.